The first-order chi connectivity index (χ1) is 10.7. The Labute approximate surface area is 139 Å². The lowest BCUT2D eigenvalue weighted by Crippen LogP contribution is -2.39. The molecule has 0 radical (unpaired) electrons. The van der Waals surface area contributed by atoms with Crippen molar-refractivity contribution >= 4 is 23.5 Å². The summed E-state index contributed by atoms with van der Waals surface area (Å²) in [5, 5.41) is 12.3. The van der Waals surface area contributed by atoms with Gasteiger partial charge in [-0.2, -0.15) is 0 Å². The maximum Gasteiger partial charge on any atom is 0.339 e. The number of nitrogens with one attached hydrogen (secondary N) is 1. The Kier molecular flexibility index (Phi) is 4.80. The van der Waals surface area contributed by atoms with Crippen LogP contribution >= 0.6 is 11.6 Å². The Morgan fingerprint density at radius 2 is 2.00 bits per heavy atom. The summed E-state index contributed by atoms with van der Waals surface area (Å²) in [6.45, 7) is 5.29. The van der Waals surface area contributed by atoms with E-state index in [1.54, 1.807) is 39.0 Å². The highest BCUT2D eigenvalue weighted by Gasteiger charge is 2.30. The molecule has 0 fully saturated rings. The zero-order valence-electron chi connectivity index (χ0n) is 13.1. The molecule has 0 atom stereocenters. The third-order valence-corrected chi connectivity index (χ3v) is 3.97. The quantitative estimate of drug-likeness (QED) is 0.876. The number of carboxylic acids is 1. The summed E-state index contributed by atoms with van der Waals surface area (Å²) in [7, 11) is 0. The molecule has 2 rings (SSSR count). The normalized spacial score (nSPS) is 11.3. The molecule has 0 aliphatic carbocycles. The van der Waals surface area contributed by atoms with E-state index in [0.717, 1.165) is 5.56 Å². The first kappa shape index (κ1) is 17.1. The molecule has 1 heterocycles. The molecule has 2 aromatic rings. The van der Waals surface area contributed by atoms with Crippen molar-refractivity contribution in [3.8, 4) is 0 Å². The van der Waals surface area contributed by atoms with Gasteiger partial charge in [0.05, 0.1) is 12.0 Å². The number of hydrogen-bond acceptors (Lipinski definition) is 3. The number of aromatic carboxylic acids is 1. The lowest BCUT2D eigenvalue weighted by atomic mass is 9.84. The number of halogens is 1. The highest BCUT2D eigenvalue weighted by atomic mass is 35.5. The van der Waals surface area contributed by atoms with Crippen LogP contribution in [0.25, 0.3) is 0 Å². The number of carboxylic acid groups (broad SMARTS) is 1. The molecule has 0 saturated heterocycles. The van der Waals surface area contributed by atoms with Crippen LogP contribution in [0.1, 0.15) is 41.3 Å². The molecular formula is C17H18ClNO4. The standard InChI is InChI=1S/C17H18ClNO4/c1-10-14(15(20)21)8-13(23-10)9-19-16(22)17(2,3)11-5-4-6-12(18)7-11/h4-8H,9H2,1-3H3,(H,19,22)(H,20,21). The minimum Gasteiger partial charge on any atom is -0.478 e. The van der Waals surface area contributed by atoms with Crippen LogP contribution < -0.4 is 5.32 Å². The Morgan fingerprint density at radius 3 is 2.57 bits per heavy atom. The number of carbonyl (C=O) groups is 2. The van der Waals surface area contributed by atoms with Gasteiger partial charge in [0.2, 0.25) is 5.91 Å². The fourth-order valence-corrected chi connectivity index (χ4v) is 2.43. The predicted molar refractivity (Wildman–Crippen MR) is 86.7 cm³/mol. The van der Waals surface area contributed by atoms with Crippen LogP contribution in [0, 0.1) is 6.92 Å². The molecule has 5 nitrogen and oxygen atoms in total. The Hall–Kier alpha value is -2.27. The van der Waals surface area contributed by atoms with E-state index in [-0.39, 0.29) is 18.0 Å². The SMILES string of the molecule is Cc1oc(CNC(=O)C(C)(C)c2cccc(Cl)c2)cc1C(=O)O. The number of aryl methyl sites for hydroxylation is 1. The van der Waals surface area contributed by atoms with Crippen molar-refractivity contribution in [2.24, 2.45) is 0 Å². The van der Waals surface area contributed by atoms with Gasteiger partial charge in [-0.05, 0) is 44.5 Å². The maximum absolute atomic E-state index is 12.5. The molecular weight excluding hydrogens is 318 g/mol. The highest BCUT2D eigenvalue weighted by Crippen LogP contribution is 2.26. The van der Waals surface area contributed by atoms with E-state index in [0.29, 0.717) is 16.5 Å². The van der Waals surface area contributed by atoms with E-state index in [9.17, 15) is 9.59 Å². The fourth-order valence-electron chi connectivity index (χ4n) is 2.24. The third-order valence-electron chi connectivity index (χ3n) is 3.74. The lowest BCUT2D eigenvalue weighted by molar-refractivity contribution is -0.125. The van der Waals surface area contributed by atoms with E-state index >= 15 is 0 Å². The Balaban J connectivity index is 2.09. The van der Waals surface area contributed by atoms with Crippen LogP contribution in [0.2, 0.25) is 5.02 Å². The van der Waals surface area contributed by atoms with Crippen LogP contribution in [0.5, 0.6) is 0 Å². The minimum atomic E-state index is -1.05. The van der Waals surface area contributed by atoms with Gasteiger partial charge in [-0.3, -0.25) is 4.79 Å². The topological polar surface area (TPSA) is 79.5 Å². The first-order valence-corrected chi connectivity index (χ1v) is 7.46. The Bertz CT molecular complexity index is 749. The molecule has 0 bridgehead atoms. The molecule has 0 saturated carbocycles. The molecule has 0 aliphatic heterocycles. The number of amides is 1. The summed E-state index contributed by atoms with van der Waals surface area (Å²) >= 11 is 5.98. The largest absolute Gasteiger partial charge is 0.478 e. The fraction of sp³-hybridized carbons (Fsp3) is 0.294. The number of rotatable bonds is 5. The molecule has 0 spiro atoms. The number of hydrogen-bond donors (Lipinski definition) is 2. The summed E-state index contributed by atoms with van der Waals surface area (Å²) in [5.74, 6) is -0.542. The van der Waals surface area contributed by atoms with Crippen LogP contribution in [0.15, 0.2) is 34.7 Å². The van der Waals surface area contributed by atoms with E-state index in [4.69, 9.17) is 21.1 Å². The van der Waals surface area contributed by atoms with Crippen LogP contribution in [0.3, 0.4) is 0 Å². The number of carbonyl (C=O) groups excluding carboxylic acids is 1. The van der Waals surface area contributed by atoms with E-state index < -0.39 is 11.4 Å². The average Bonchev–Trinajstić information content (AvgIpc) is 2.86. The number of furan rings is 1. The monoisotopic (exact) mass is 335 g/mol. The molecule has 23 heavy (non-hydrogen) atoms. The molecule has 6 heteroatoms. The highest BCUT2D eigenvalue weighted by molar-refractivity contribution is 6.30. The zero-order valence-corrected chi connectivity index (χ0v) is 13.9. The van der Waals surface area contributed by atoms with Gasteiger partial charge in [-0.15, -0.1) is 0 Å². The lowest BCUT2D eigenvalue weighted by Gasteiger charge is -2.24. The van der Waals surface area contributed by atoms with Crippen molar-refractivity contribution in [3.63, 3.8) is 0 Å². The van der Waals surface area contributed by atoms with Crippen LogP contribution in [-0.4, -0.2) is 17.0 Å². The zero-order chi connectivity index (χ0) is 17.2. The summed E-state index contributed by atoms with van der Waals surface area (Å²) < 4.78 is 5.35. The molecule has 1 aromatic heterocycles. The molecule has 1 aromatic carbocycles. The van der Waals surface area contributed by atoms with Crippen LogP contribution in [-0.2, 0) is 16.8 Å². The molecule has 2 N–H and O–H groups in total. The summed E-state index contributed by atoms with van der Waals surface area (Å²) in [4.78, 5) is 23.5. The van der Waals surface area contributed by atoms with Gasteiger partial charge in [0.15, 0.2) is 0 Å². The summed E-state index contributed by atoms with van der Waals surface area (Å²) in [6.07, 6.45) is 0. The van der Waals surface area contributed by atoms with E-state index in [2.05, 4.69) is 5.32 Å². The van der Waals surface area contributed by atoms with Gasteiger partial charge in [0.25, 0.3) is 0 Å². The van der Waals surface area contributed by atoms with Gasteiger partial charge >= 0.3 is 5.97 Å². The van der Waals surface area contributed by atoms with Crippen molar-refractivity contribution < 1.29 is 19.1 Å². The van der Waals surface area contributed by atoms with Crippen molar-refractivity contribution in [2.75, 3.05) is 0 Å². The molecule has 122 valence electrons. The molecule has 0 aliphatic rings. The van der Waals surface area contributed by atoms with Crippen molar-refractivity contribution in [3.05, 3.63) is 58.0 Å². The smallest absolute Gasteiger partial charge is 0.339 e. The van der Waals surface area contributed by atoms with Crippen molar-refractivity contribution in [1.82, 2.24) is 5.32 Å². The molecule has 1 amide bonds. The maximum atomic E-state index is 12.5. The van der Waals surface area contributed by atoms with Gasteiger partial charge in [-0.1, -0.05) is 23.7 Å². The van der Waals surface area contributed by atoms with Gasteiger partial charge in [0.1, 0.15) is 17.1 Å². The summed E-state index contributed by atoms with van der Waals surface area (Å²) in [5.41, 5.74) is 0.120. The predicted octanol–water partition coefficient (Wildman–Crippen LogP) is 3.53. The van der Waals surface area contributed by atoms with Gasteiger partial charge < -0.3 is 14.8 Å². The second kappa shape index (κ2) is 6.46. The van der Waals surface area contributed by atoms with Crippen molar-refractivity contribution in [2.45, 2.75) is 32.7 Å². The van der Waals surface area contributed by atoms with E-state index in [1.807, 2.05) is 6.07 Å². The average molecular weight is 336 g/mol. The number of benzene rings is 1. The van der Waals surface area contributed by atoms with Gasteiger partial charge in [0, 0.05) is 5.02 Å². The Morgan fingerprint density at radius 1 is 1.30 bits per heavy atom. The van der Waals surface area contributed by atoms with Crippen molar-refractivity contribution in [1.29, 1.82) is 0 Å². The van der Waals surface area contributed by atoms with Crippen LogP contribution in [0.4, 0.5) is 0 Å². The van der Waals surface area contributed by atoms with Gasteiger partial charge in [-0.25, -0.2) is 4.79 Å². The summed E-state index contributed by atoms with van der Waals surface area (Å²) in [6, 6.07) is 8.55. The second-order valence-electron chi connectivity index (χ2n) is 5.81. The third kappa shape index (κ3) is 3.74. The minimum absolute atomic E-state index is 0.100. The first-order valence-electron chi connectivity index (χ1n) is 7.08. The van der Waals surface area contributed by atoms with E-state index in [1.165, 1.54) is 6.07 Å². The molecule has 0 unspecified atom stereocenters. The second-order valence-corrected chi connectivity index (χ2v) is 6.24.